The van der Waals surface area contributed by atoms with Gasteiger partial charge in [0.15, 0.2) is 5.65 Å². The van der Waals surface area contributed by atoms with Crippen molar-refractivity contribution >= 4 is 5.65 Å². The maximum Gasteiger partial charge on any atom is 0.154 e. The zero-order valence-electron chi connectivity index (χ0n) is 13.6. The van der Waals surface area contributed by atoms with E-state index in [9.17, 15) is 5.11 Å². The van der Waals surface area contributed by atoms with Gasteiger partial charge in [0.1, 0.15) is 5.75 Å². The summed E-state index contributed by atoms with van der Waals surface area (Å²) in [7, 11) is 1.61. The second-order valence-corrected chi connectivity index (χ2v) is 5.60. The van der Waals surface area contributed by atoms with E-state index in [2.05, 4.69) is 9.97 Å². The minimum absolute atomic E-state index is 0.00126. The van der Waals surface area contributed by atoms with Gasteiger partial charge < -0.3 is 9.84 Å². The molecule has 0 aliphatic rings. The van der Waals surface area contributed by atoms with E-state index < -0.39 is 0 Å². The molecular weight excluding hydrogens is 316 g/mol. The normalized spacial score (nSPS) is 11.0. The van der Waals surface area contributed by atoms with Gasteiger partial charge in [-0.15, -0.1) is 0 Å². The van der Waals surface area contributed by atoms with E-state index in [1.165, 1.54) is 0 Å². The predicted octanol–water partition coefficient (Wildman–Crippen LogP) is 2.96. The fraction of sp³-hybridized carbons (Fsp3) is 0.105. The molecule has 4 aromatic rings. The number of aromatic nitrogens is 4. The van der Waals surface area contributed by atoms with Crippen LogP contribution in [0, 0.1) is 0 Å². The Kier molecular flexibility index (Phi) is 3.87. The Labute approximate surface area is 144 Å². The van der Waals surface area contributed by atoms with E-state index in [0.717, 1.165) is 33.7 Å². The number of hydrogen-bond donors (Lipinski definition) is 1. The van der Waals surface area contributed by atoms with Crippen LogP contribution in [0.25, 0.3) is 28.2 Å². The topological polar surface area (TPSA) is 72.5 Å². The lowest BCUT2D eigenvalue weighted by molar-refractivity contribution is 0.282. The third-order valence-electron chi connectivity index (χ3n) is 4.01. The van der Waals surface area contributed by atoms with Crippen molar-refractivity contribution in [2.75, 3.05) is 7.11 Å². The molecular formula is C19H16N4O2. The molecule has 25 heavy (non-hydrogen) atoms. The maximum absolute atomic E-state index is 9.36. The molecule has 0 spiro atoms. The number of aliphatic hydroxyl groups is 1. The first kappa shape index (κ1) is 15.3. The minimum atomic E-state index is -0.00126. The van der Waals surface area contributed by atoms with Crippen LogP contribution in [-0.2, 0) is 6.61 Å². The molecule has 0 amide bonds. The van der Waals surface area contributed by atoms with Crippen LogP contribution >= 0.6 is 0 Å². The molecule has 0 atom stereocenters. The number of nitrogens with zero attached hydrogens (tertiary/aromatic N) is 4. The first-order valence-corrected chi connectivity index (χ1v) is 7.83. The first-order valence-electron chi connectivity index (χ1n) is 7.83. The van der Waals surface area contributed by atoms with Gasteiger partial charge in [-0.25, -0.2) is 9.50 Å². The fourth-order valence-corrected chi connectivity index (χ4v) is 2.72. The van der Waals surface area contributed by atoms with Crippen molar-refractivity contribution in [3.05, 3.63) is 66.6 Å². The number of aliphatic hydroxyl groups excluding tert-OH is 1. The predicted molar refractivity (Wildman–Crippen MR) is 94.1 cm³/mol. The summed E-state index contributed by atoms with van der Waals surface area (Å²) in [6.45, 7) is -0.00126. The molecule has 4 rings (SSSR count). The second-order valence-electron chi connectivity index (χ2n) is 5.60. The highest BCUT2D eigenvalue weighted by Crippen LogP contribution is 2.25. The van der Waals surface area contributed by atoms with Gasteiger partial charge in [0.05, 0.1) is 37.5 Å². The van der Waals surface area contributed by atoms with Crippen molar-refractivity contribution in [3.8, 4) is 28.3 Å². The monoisotopic (exact) mass is 332 g/mol. The summed E-state index contributed by atoms with van der Waals surface area (Å²) in [5, 5.41) is 14.1. The minimum Gasteiger partial charge on any atom is -0.495 e. The molecule has 0 aliphatic heterocycles. The van der Waals surface area contributed by atoms with Crippen LogP contribution in [-0.4, -0.2) is 31.8 Å². The molecule has 0 fully saturated rings. The average molecular weight is 332 g/mol. The van der Waals surface area contributed by atoms with Crippen LogP contribution < -0.4 is 4.74 Å². The van der Waals surface area contributed by atoms with Crippen LogP contribution in [0.5, 0.6) is 5.75 Å². The van der Waals surface area contributed by atoms with Crippen LogP contribution in [0.1, 0.15) is 5.56 Å². The number of rotatable bonds is 4. The van der Waals surface area contributed by atoms with E-state index in [-0.39, 0.29) is 6.61 Å². The molecule has 0 unspecified atom stereocenters. The van der Waals surface area contributed by atoms with Gasteiger partial charge in [-0.2, -0.15) is 5.10 Å². The Balaban J connectivity index is 1.84. The number of benzene rings is 1. The van der Waals surface area contributed by atoms with Crippen LogP contribution in [0.15, 0.2) is 61.1 Å². The van der Waals surface area contributed by atoms with Crippen molar-refractivity contribution < 1.29 is 9.84 Å². The molecule has 1 N–H and O–H groups in total. The third-order valence-corrected chi connectivity index (χ3v) is 4.01. The Morgan fingerprint density at radius 3 is 2.80 bits per heavy atom. The smallest absolute Gasteiger partial charge is 0.154 e. The van der Waals surface area contributed by atoms with Gasteiger partial charge >= 0.3 is 0 Å². The van der Waals surface area contributed by atoms with Crippen LogP contribution in [0.4, 0.5) is 0 Å². The van der Waals surface area contributed by atoms with Crippen molar-refractivity contribution in [1.82, 2.24) is 19.6 Å². The summed E-state index contributed by atoms with van der Waals surface area (Å²) < 4.78 is 7.03. The van der Waals surface area contributed by atoms with Gasteiger partial charge in [-0.3, -0.25) is 4.98 Å². The highest BCUT2D eigenvalue weighted by molar-refractivity contribution is 5.66. The molecule has 6 heteroatoms. The quantitative estimate of drug-likeness (QED) is 0.622. The van der Waals surface area contributed by atoms with Crippen molar-refractivity contribution in [2.45, 2.75) is 6.61 Å². The summed E-state index contributed by atoms with van der Waals surface area (Å²) in [4.78, 5) is 8.60. The maximum atomic E-state index is 9.36. The summed E-state index contributed by atoms with van der Waals surface area (Å²) in [6.07, 6.45) is 5.19. The standard InChI is InChI=1S/C19H16N4O2/c1-25-16-8-15(9-20-10-16)17-5-6-19-21-11-18(23(19)22-17)14-4-2-3-13(7-14)12-24/h2-11,24H,12H2,1H3. The highest BCUT2D eigenvalue weighted by Gasteiger charge is 2.10. The highest BCUT2D eigenvalue weighted by atomic mass is 16.5. The Morgan fingerprint density at radius 1 is 1.04 bits per heavy atom. The van der Waals surface area contributed by atoms with E-state index in [0.29, 0.717) is 5.75 Å². The number of fused-ring (bicyclic) bond motifs is 1. The Morgan fingerprint density at radius 2 is 1.96 bits per heavy atom. The molecule has 3 aromatic heterocycles. The SMILES string of the molecule is COc1cncc(-c2ccc3ncc(-c4cccc(CO)c4)n3n2)c1. The molecule has 6 nitrogen and oxygen atoms in total. The van der Waals surface area contributed by atoms with Gasteiger partial charge in [0.25, 0.3) is 0 Å². The van der Waals surface area contributed by atoms with Crippen LogP contribution in [0.2, 0.25) is 0 Å². The number of pyridine rings is 1. The summed E-state index contributed by atoms with van der Waals surface area (Å²) in [6, 6.07) is 13.4. The zero-order valence-corrected chi connectivity index (χ0v) is 13.6. The number of methoxy groups -OCH3 is 1. The fourth-order valence-electron chi connectivity index (χ4n) is 2.72. The molecule has 3 heterocycles. The number of hydrogen-bond acceptors (Lipinski definition) is 5. The van der Waals surface area contributed by atoms with E-state index in [4.69, 9.17) is 9.84 Å². The van der Waals surface area contributed by atoms with Gasteiger partial charge in [-0.05, 0) is 29.8 Å². The Bertz CT molecular complexity index is 1040. The molecule has 1 aromatic carbocycles. The molecule has 0 saturated heterocycles. The van der Waals surface area contributed by atoms with E-state index in [1.54, 1.807) is 30.2 Å². The van der Waals surface area contributed by atoms with Gasteiger partial charge in [0.2, 0.25) is 0 Å². The lowest BCUT2D eigenvalue weighted by atomic mass is 10.1. The zero-order chi connectivity index (χ0) is 17.2. The Hall–Kier alpha value is -3.25. The van der Waals surface area contributed by atoms with Gasteiger partial charge in [-0.1, -0.05) is 18.2 Å². The summed E-state index contributed by atoms with van der Waals surface area (Å²) in [5.41, 5.74) is 5.06. The number of ether oxygens (including phenoxy) is 1. The number of imidazole rings is 1. The van der Waals surface area contributed by atoms with Crippen molar-refractivity contribution in [3.63, 3.8) is 0 Å². The molecule has 124 valence electrons. The first-order chi connectivity index (χ1) is 12.3. The molecule has 0 saturated carbocycles. The lowest BCUT2D eigenvalue weighted by Crippen LogP contribution is -1.97. The molecule has 0 bridgehead atoms. The summed E-state index contributed by atoms with van der Waals surface area (Å²) in [5.74, 6) is 0.681. The molecule has 0 radical (unpaired) electrons. The van der Waals surface area contributed by atoms with Gasteiger partial charge in [0, 0.05) is 17.3 Å². The molecule has 0 aliphatic carbocycles. The van der Waals surface area contributed by atoms with E-state index >= 15 is 0 Å². The van der Waals surface area contributed by atoms with Crippen molar-refractivity contribution in [1.29, 1.82) is 0 Å². The summed E-state index contributed by atoms with van der Waals surface area (Å²) >= 11 is 0. The largest absolute Gasteiger partial charge is 0.495 e. The van der Waals surface area contributed by atoms with Crippen LogP contribution in [0.3, 0.4) is 0 Å². The van der Waals surface area contributed by atoms with E-state index in [1.807, 2.05) is 42.5 Å². The lowest BCUT2D eigenvalue weighted by Gasteiger charge is -2.06. The average Bonchev–Trinajstić information content (AvgIpc) is 3.11. The third kappa shape index (κ3) is 2.83. The second kappa shape index (κ2) is 6.33. The van der Waals surface area contributed by atoms with Crippen molar-refractivity contribution in [2.24, 2.45) is 0 Å².